The van der Waals surface area contributed by atoms with Crippen molar-refractivity contribution in [2.45, 2.75) is 46.0 Å². The highest BCUT2D eigenvalue weighted by Gasteiger charge is 2.31. The monoisotopic (exact) mass is 190 g/mol. The van der Waals surface area contributed by atoms with Crippen LogP contribution < -0.4 is 0 Å². The molecule has 0 aromatic carbocycles. The molecule has 0 aliphatic rings. The molecule has 0 heterocycles. The number of hydrogen-bond acceptors (Lipinski definition) is 2. The Kier molecular flexibility index (Phi) is 3.94. The Bertz CT molecular complexity index is 138. The van der Waals surface area contributed by atoms with Crippen LogP contribution in [0.3, 0.4) is 0 Å². The number of aliphatic hydroxyl groups is 1. The molecule has 0 saturated carbocycles. The molecule has 0 aromatic heterocycles. The molecule has 2 nitrogen and oxygen atoms in total. The average Bonchev–Trinajstić information content (AvgIpc) is 1.80. The molecular weight excluding hydrogens is 168 g/mol. The first-order valence-corrected chi connectivity index (χ1v) is 7.91. The van der Waals surface area contributed by atoms with E-state index in [2.05, 4.69) is 19.6 Å². The highest BCUT2D eigenvalue weighted by Crippen LogP contribution is 2.24. The third-order valence-corrected chi connectivity index (χ3v) is 3.17. The van der Waals surface area contributed by atoms with E-state index in [1.54, 1.807) is 0 Å². The van der Waals surface area contributed by atoms with Gasteiger partial charge in [0, 0.05) is 12.5 Å². The van der Waals surface area contributed by atoms with Gasteiger partial charge in [-0.25, -0.2) is 0 Å². The summed E-state index contributed by atoms with van der Waals surface area (Å²) in [5.74, 6) is 0.198. The van der Waals surface area contributed by atoms with Crippen LogP contribution in [0.2, 0.25) is 19.6 Å². The van der Waals surface area contributed by atoms with E-state index in [9.17, 15) is 0 Å². The summed E-state index contributed by atoms with van der Waals surface area (Å²) in [5, 5.41) is 9.00. The van der Waals surface area contributed by atoms with Crippen LogP contribution in [0, 0.1) is 5.92 Å². The van der Waals surface area contributed by atoms with Crippen molar-refractivity contribution in [1.82, 2.24) is 0 Å². The molecule has 0 aliphatic heterocycles. The first-order chi connectivity index (χ1) is 5.19. The second-order valence-corrected chi connectivity index (χ2v) is 9.33. The van der Waals surface area contributed by atoms with Crippen LogP contribution in [0.25, 0.3) is 0 Å². The minimum absolute atomic E-state index is 0.192. The minimum Gasteiger partial charge on any atom is -0.412 e. The zero-order valence-electron chi connectivity index (χ0n) is 9.14. The second-order valence-electron chi connectivity index (χ2n) is 4.90. The van der Waals surface area contributed by atoms with Gasteiger partial charge in [0.1, 0.15) is 0 Å². The van der Waals surface area contributed by atoms with E-state index in [1.807, 2.05) is 20.8 Å². The standard InChI is InChI=1S/C9H22O2Si/c1-8(7-10)9(2,3)11-12(4,5)6/h8,10H,7H2,1-6H3/t8-/m0/s1. The lowest BCUT2D eigenvalue weighted by molar-refractivity contribution is 0.0165. The van der Waals surface area contributed by atoms with Crippen molar-refractivity contribution in [2.24, 2.45) is 5.92 Å². The molecule has 0 radical (unpaired) electrons. The summed E-state index contributed by atoms with van der Waals surface area (Å²) in [6.07, 6.45) is 0. The zero-order chi connectivity index (χ0) is 9.99. The molecule has 0 saturated heterocycles. The molecule has 1 atom stereocenters. The van der Waals surface area contributed by atoms with Gasteiger partial charge in [0.25, 0.3) is 0 Å². The van der Waals surface area contributed by atoms with Crippen LogP contribution in [0.5, 0.6) is 0 Å². The largest absolute Gasteiger partial charge is 0.412 e. The van der Waals surface area contributed by atoms with Crippen LogP contribution in [-0.4, -0.2) is 25.6 Å². The van der Waals surface area contributed by atoms with Gasteiger partial charge >= 0.3 is 0 Å². The molecule has 74 valence electrons. The molecular formula is C9H22O2Si. The van der Waals surface area contributed by atoms with E-state index >= 15 is 0 Å². The summed E-state index contributed by atoms with van der Waals surface area (Å²) < 4.78 is 5.96. The van der Waals surface area contributed by atoms with Gasteiger partial charge < -0.3 is 9.53 Å². The van der Waals surface area contributed by atoms with Gasteiger partial charge in [-0.3, -0.25) is 0 Å². The fourth-order valence-electron chi connectivity index (χ4n) is 1.11. The van der Waals surface area contributed by atoms with E-state index in [-0.39, 0.29) is 18.1 Å². The molecule has 12 heavy (non-hydrogen) atoms. The SMILES string of the molecule is C[C@@H](CO)C(C)(C)O[Si](C)(C)C. The van der Waals surface area contributed by atoms with Crippen molar-refractivity contribution in [3.05, 3.63) is 0 Å². The predicted molar refractivity (Wildman–Crippen MR) is 54.8 cm³/mol. The Balaban J connectivity index is 4.22. The molecule has 0 aliphatic carbocycles. The first kappa shape index (κ1) is 12.1. The predicted octanol–water partition coefficient (Wildman–Crippen LogP) is 2.24. The second kappa shape index (κ2) is 3.90. The quantitative estimate of drug-likeness (QED) is 0.689. The van der Waals surface area contributed by atoms with Crippen LogP contribution in [0.1, 0.15) is 20.8 Å². The Hall–Kier alpha value is 0.137. The molecule has 1 N–H and O–H groups in total. The Morgan fingerprint density at radius 2 is 1.75 bits per heavy atom. The fraction of sp³-hybridized carbons (Fsp3) is 1.00. The molecule has 0 spiro atoms. The highest BCUT2D eigenvalue weighted by atomic mass is 28.4. The van der Waals surface area contributed by atoms with Crippen LogP contribution in [-0.2, 0) is 4.43 Å². The van der Waals surface area contributed by atoms with Gasteiger partial charge in [-0.1, -0.05) is 6.92 Å². The van der Waals surface area contributed by atoms with E-state index in [0.29, 0.717) is 0 Å². The lowest BCUT2D eigenvalue weighted by Crippen LogP contribution is -2.43. The third-order valence-electron chi connectivity index (χ3n) is 2.03. The van der Waals surface area contributed by atoms with Crippen molar-refractivity contribution < 1.29 is 9.53 Å². The van der Waals surface area contributed by atoms with Crippen molar-refractivity contribution in [1.29, 1.82) is 0 Å². The Morgan fingerprint density at radius 1 is 1.33 bits per heavy atom. The Labute approximate surface area is 77.1 Å². The first-order valence-electron chi connectivity index (χ1n) is 4.50. The third kappa shape index (κ3) is 4.23. The molecule has 0 unspecified atom stereocenters. The minimum atomic E-state index is -1.48. The molecule has 0 amide bonds. The lowest BCUT2D eigenvalue weighted by atomic mass is 9.94. The van der Waals surface area contributed by atoms with Crippen LogP contribution in [0.15, 0.2) is 0 Å². The molecule has 3 heteroatoms. The number of aliphatic hydroxyl groups excluding tert-OH is 1. The normalized spacial score (nSPS) is 16.2. The van der Waals surface area contributed by atoms with Crippen molar-refractivity contribution in [2.75, 3.05) is 6.61 Å². The van der Waals surface area contributed by atoms with Crippen molar-refractivity contribution in [3.8, 4) is 0 Å². The summed E-state index contributed by atoms with van der Waals surface area (Å²) in [6, 6.07) is 0. The van der Waals surface area contributed by atoms with E-state index in [1.165, 1.54) is 0 Å². The molecule has 0 aromatic rings. The van der Waals surface area contributed by atoms with Crippen LogP contribution in [0.4, 0.5) is 0 Å². The lowest BCUT2D eigenvalue weighted by Gasteiger charge is -2.37. The summed E-state index contributed by atoms with van der Waals surface area (Å²) in [4.78, 5) is 0. The molecule has 0 rings (SSSR count). The van der Waals surface area contributed by atoms with Gasteiger partial charge in [0.2, 0.25) is 0 Å². The Morgan fingerprint density at radius 3 is 2.00 bits per heavy atom. The maximum atomic E-state index is 9.00. The summed E-state index contributed by atoms with van der Waals surface area (Å²) in [6.45, 7) is 12.8. The summed E-state index contributed by atoms with van der Waals surface area (Å²) in [7, 11) is -1.48. The molecule has 0 bridgehead atoms. The van der Waals surface area contributed by atoms with E-state index in [0.717, 1.165) is 0 Å². The van der Waals surface area contributed by atoms with E-state index < -0.39 is 8.32 Å². The summed E-state index contributed by atoms with van der Waals surface area (Å²) >= 11 is 0. The maximum absolute atomic E-state index is 9.00. The number of rotatable bonds is 4. The van der Waals surface area contributed by atoms with Crippen molar-refractivity contribution in [3.63, 3.8) is 0 Å². The number of hydrogen-bond donors (Lipinski definition) is 1. The van der Waals surface area contributed by atoms with Crippen LogP contribution >= 0.6 is 0 Å². The summed E-state index contributed by atoms with van der Waals surface area (Å²) in [5.41, 5.74) is -0.195. The van der Waals surface area contributed by atoms with Gasteiger partial charge in [-0.2, -0.15) is 0 Å². The molecule has 0 fully saturated rings. The maximum Gasteiger partial charge on any atom is 0.184 e. The topological polar surface area (TPSA) is 29.5 Å². The van der Waals surface area contributed by atoms with Gasteiger partial charge in [-0.15, -0.1) is 0 Å². The fourth-order valence-corrected chi connectivity index (χ4v) is 2.89. The van der Waals surface area contributed by atoms with Gasteiger partial charge in [-0.05, 0) is 33.5 Å². The average molecular weight is 190 g/mol. The highest BCUT2D eigenvalue weighted by molar-refractivity contribution is 6.69. The smallest absolute Gasteiger partial charge is 0.184 e. The van der Waals surface area contributed by atoms with Gasteiger partial charge in [0.05, 0.1) is 5.60 Å². The van der Waals surface area contributed by atoms with Crippen molar-refractivity contribution >= 4 is 8.32 Å². The zero-order valence-corrected chi connectivity index (χ0v) is 10.1. The van der Waals surface area contributed by atoms with E-state index in [4.69, 9.17) is 9.53 Å². The van der Waals surface area contributed by atoms with Gasteiger partial charge in [0.15, 0.2) is 8.32 Å².